The van der Waals surface area contributed by atoms with E-state index in [4.69, 9.17) is 0 Å². The molecule has 1 amide bonds. The Morgan fingerprint density at radius 2 is 2.45 bits per heavy atom. The van der Waals surface area contributed by atoms with Crippen LogP contribution in [0.5, 0.6) is 0 Å². The third-order valence-electron chi connectivity index (χ3n) is 3.97. The fourth-order valence-electron chi connectivity index (χ4n) is 2.95. The first-order valence-electron chi connectivity index (χ1n) is 7.24. The summed E-state index contributed by atoms with van der Waals surface area (Å²) in [7, 11) is 0. The van der Waals surface area contributed by atoms with Gasteiger partial charge in [0.25, 0.3) is 5.91 Å². The first-order chi connectivity index (χ1) is 9.79. The topological polar surface area (TPSA) is 53.9 Å². The first kappa shape index (κ1) is 13.0. The minimum absolute atomic E-state index is 0.0952. The molecular weight excluding hydrogens is 252 g/mol. The molecule has 0 aromatic carbocycles. The van der Waals surface area contributed by atoms with Gasteiger partial charge in [0.2, 0.25) is 0 Å². The van der Waals surface area contributed by atoms with E-state index in [0.717, 1.165) is 38.2 Å². The summed E-state index contributed by atoms with van der Waals surface area (Å²) in [6.07, 6.45) is 8.75. The van der Waals surface area contributed by atoms with Crippen LogP contribution in [0.2, 0.25) is 0 Å². The molecule has 1 N–H and O–H groups in total. The van der Waals surface area contributed by atoms with Gasteiger partial charge in [0, 0.05) is 38.1 Å². The van der Waals surface area contributed by atoms with Crippen LogP contribution < -0.4 is 0 Å². The Morgan fingerprint density at radius 3 is 3.20 bits per heavy atom. The van der Waals surface area contributed by atoms with E-state index in [1.54, 1.807) is 6.20 Å². The second-order valence-corrected chi connectivity index (χ2v) is 5.24. The highest BCUT2D eigenvalue weighted by atomic mass is 16.2. The van der Waals surface area contributed by atoms with Gasteiger partial charge in [0.05, 0.1) is 6.04 Å². The molecule has 0 unspecified atom stereocenters. The van der Waals surface area contributed by atoms with Crippen molar-refractivity contribution in [1.82, 2.24) is 19.4 Å². The van der Waals surface area contributed by atoms with E-state index in [9.17, 15) is 4.79 Å². The predicted octanol–water partition coefficient (Wildman–Crippen LogP) is 2.25. The largest absolute Gasteiger partial charge is 0.357 e. The van der Waals surface area contributed by atoms with Crippen molar-refractivity contribution in [3.63, 3.8) is 0 Å². The molecule has 0 saturated carbocycles. The second kappa shape index (κ2) is 5.53. The van der Waals surface area contributed by atoms with Crippen LogP contribution in [-0.2, 0) is 6.42 Å². The minimum Gasteiger partial charge on any atom is -0.357 e. The lowest BCUT2D eigenvalue weighted by molar-refractivity contribution is 0.0672. The van der Waals surface area contributed by atoms with E-state index in [2.05, 4.69) is 21.5 Å². The molecule has 106 valence electrons. The quantitative estimate of drug-likeness (QED) is 0.931. The molecule has 0 aliphatic carbocycles. The standard InChI is InChI=1S/C15H20N4O/c1-2-14-17-8-10-19(14)12-5-4-9-18(11-12)15(20)13-6-3-7-16-13/h3,6-8,10,12,16H,2,4-5,9,11H2,1H3/t12-/m0/s1. The summed E-state index contributed by atoms with van der Waals surface area (Å²) in [5.74, 6) is 1.20. The number of carbonyl (C=O) groups is 1. The molecule has 20 heavy (non-hydrogen) atoms. The average molecular weight is 272 g/mol. The monoisotopic (exact) mass is 272 g/mol. The zero-order valence-electron chi connectivity index (χ0n) is 11.7. The van der Waals surface area contributed by atoms with Gasteiger partial charge in [-0.2, -0.15) is 0 Å². The molecule has 1 atom stereocenters. The van der Waals surface area contributed by atoms with Crippen LogP contribution in [-0.4, -0.2) is 38.4 Å². The third kappa shape index (κ3) is 2.35. The molecule has 1 fully saturated rings. The number of hydrogen-bond acceptors (Lipinski definition) is 2. The van der Waals surface area contributed by atoms with E-state index in [0.29, 0.717) is 11.7 Å². The summed E-state index contributed by atoms with van der Waals surface area (Å²) >= 11 is 0. The molecule has 0 radical (unpaired) electrons. The number of amides is 1. The maximum atomic E-state index is 12.4. The number of rotatable bonds is 3. The van der Waals surface area contributed by atoms with Crippen LogP contribution >= 0.6 is 0 Å². The molecule has 1 saturated heterocycles. The fraction of sp³-hybridized carbons (Fsp3) is 0.467. The molecule has 3 rings (SSSR count). The zero-order chi connectivity index (χ0) is 13.9. The number of likely N-dealkylation sites (tertiary alicyclic amines) is 1. The predicted molar refractivity (Wildman–Crippen MR) is 76.6 cm³/mol. The van der Waals surface area contributed by atoms with Crippen LogP contribution in [0, 0.1) is 0 Å². The number of nitrogens with one attached hydrogen (secondary N) is 1. The van der Waals surface area contributed by atoms with Crippen LogP contribution in [0.15, 0.2) is 30.7 Å². The number of aromatic nitrogens is 3. The fourth-order valence-corrected chi connectivity index (χ4v) is 2.95. The lowest BCUT2D eigenvalue weighted by Crippen LogP contribution is -2.41. The average Bonchev–Trinajstić information content (AvgIpc) is 3.17. The van der Waals surface area contributed by atoms with Gasteiger partial charge in [0.1, 0.15) is 11.5 Å². The summed E-state index contributed by atoms with van der Waals surface area (Å²) in [5.41, 5.74) is 0.673. The van der Waals surface area contributed by atoms with Gasteiger partial charge in [-0.05, 0) is 25.0 Å². The molecule has 0 spiro atoms. The smallest absolute Gasteiger partial charge is 0.270 e. The van der Waals surface area contributed by atoms with E-state index in [1.165, 1.54) is 0 Å². The van der Waals surface area contributed by atoms with Gasteiger partial charge < -0.3 is 14.5 Å². The Morgan fingerprint density at radius 1 is 1.55 bits per heavy atom. The van der Waals surface area contributed by atoms with Gasteiger partial charge in [-0.1, -0.05) is 6.92 Å². The molecule has 5 nitrogen and oxygen atoms in total. The van der Waals surface area contributed by atoms with E-state index in [-0.39, 0.29) is 5.91 Å². The van der Waals surface area contributed by atoms with E-state index < -0.39 is 0 Å². The first-order valence-corrected chi connectivity index (χ1v) is 7.24. The van der Waals surface area contributed by atoms with Crippen LogP contribution in [0.1, 0.15) is 42.1 Å². The molecule has 5 heteroatoms. The molecule has 3 heterocycles. The Labute approximate surface area is 118 Å². The molecule has 2 aromatic rings. The summed E-state index contributed by atoms with van der Waals surface area (Å²) in [5, 5.41) is 0. The second-order valence-electron chi connectivity index (χ2n) is 5.24. The summed E-state index contributed by atoms with van der Waals surface area (Å²) in [6.45, 7) is 3.72. The Hall–Kier alpha value is -2.04. The lowest BCUT2D eigenvalue weighted by atomic mass is 10.0. The number of aromatic amines is 1. The number of carbonyl (C=O) groups excluding carboxylic acids is 1. The Kier molecular flexibility index (Phi) is 3.58. The number of nitrogens with zero attached hydrogens (tertiary/aromatic N) is 3. The Bertz CT molecular complexity index is 572. The lowest BCUT2D eigenvalue weighted by Gasteiger charge is -2.33. The van der Waals surface area contributed by atoms with Crippen molar-refractivity contribution in [1.29, 1.82) is 0 Å². The van der Waals surface area contributed by atoms with Crippen molar-refractivity contribution in [2.75, 3.05) is 13.1 Å². The Balaban J connectivity index is 1.75. The molecule has 0 bridgehead atoms. The number of aryl methyl sites for hydroxylation is 1. The molecule has 2 aromatic heterocycles. The molecule has 1 aliphatic heterocycles. The number of H-pyrrole nitrogens is 1. The highest BCUT2D eigenvalue weighted by Gasteiger charge is 2.26. The maximum Gasteiger partial charge on any atom is 0.270 e. The van der Waals surface area contributed by atoms with Gasteiger partial charge in [-0.3, -0.25) is 4.79 Å². The highest BCUT2D eigenvalue weighted by Crippen LogP contribution is 2.24. The molecule has 1 aliphatic rings. The third-order valence-corrected chi connectivity index (χ3v) is 3.97. The van der Waals surface area contributed by atoms with Crippen LogP contribution in [0.4, 0.5) is 0 Å². The number of imidazole rings is 1. The van der Waals surface area contributed by atoms with Crippen molar-refractivity contribution in [2.45, 2.75) is 32.2 Å². The van der Waals surface area contributed by atoms with Gasteiger partial charge in [-0.25, -0.2) is 4.98 Å². The van der Waals surface area contributed by atoms with E-state index >= 15 is 0 Å². The van der Waals surface area contributed by atoms with Crippen molar-refractivity contribution >= 4 is 5.91 Å². The number of piperidine rings is 1. The van der Waals surface area contributed by atoms with Crippen LogP contribution in [0.3, 0.4) is 0 Å². The normalized spacial score (nSPS) is 19.2. The van der Waals surface area contributed by atoms with Gasteiger partial charge in [0.15, 0.2) is 0 Å². The highest BCUT2D eigenvalue weighted by molar-refractivity contribution is 5.92. The van der Waals surface area contributed by atoms with Gasteiger partial charge >= 0.3 is 0 Å². The summed E-state index contributed by atoms with van der Waals surface area (Å²) in [4.78, 5) is 21.7. The summed E-state index contributed by atoms with van der Waals surface area (Å²) in [6, 6.07) is 4.04. The van der Waals surface area contributed by atoms with Crippen molar-refractivity contribution in [3.05, 3.63) is 42.2 Å². The summed E-state index contributed by atoms with van der Waals surface area (Å²) < 4.78 is 2.23. The minimum atomic E-state index is 0.0952. The zero-order valence-corrected chi connectivity index (χ0v) is 11.7. The van der Waals surface area contributed by atoms with Crippen molar-refractivity contribution in [3.8, 4) is 0 Å². The SMILES string of the molecule is CCc1nccn1[C@H]1CCCN(C(=O)c2ccc[nH]2)C1. The maximum absolute atomic E-state index is 12.4. The van der Waals surface area contributed by atoms with Crippen molar-refractivity contribution in [2.24, 2.45) is 0 Å². The molecular formula is C15H20N4O. The number of hydrogen-bond donors (Lipinski definition) is 1. The van der Waals surface area contributed by atoms with Crippen LogP contribution in [0.25, 0.3) is 0 Å². The van der Waals surface area contributed by atoms with Gasteiger partial charge in [-0.15, -0.1) is 0 Å². The van der Waals surface area contributed by atoms with Crippen molar-refractivity contribution < 1.29 is 4.79 Å². The van der Waals surface area contributed by atoms with E-state index in [1.807, 2.05) is 29.4 Å².